The minimum absolute atomic E-state index is 0.173. The fourth-order valence-electron chi connectivity index (χ4n) is 1.40. The molecule has 0 spiro atoms. The average molecular weight is 266 g/mol. The SMILES string of the molecule is CCCCc1ccsc1C#CCCSC(C)=O. The van der Waals surface area contributed by atoms with Gasteiger partial charge in [0, 0.05) is 19.1 Å². The number of rotatable bonds is 5. The average Bonchev–Trinajstić information content (AvgIpc) is 2.73. The molecule has 1 rings (SSSR count). The first-order valence-corrected chi connectivity index (χ1v) is 7.79. The zero-order valence-electron chi connectivity index (χ0n) is 10.4. The molecule has 1 aromatic rings. The minimum atomic E-state index is 0.173. The first-order chi connectivity index (χ1) is 8.24. The number of carbonyl (C=O) groups excluding carboxylic acids is 1. The number of carbonyl (C=O) groups is 1. The maximum Gasteiger partial charge on any atom is 0.185 e. The lowest BCUT2D eigenvalue weighted by Gasteiger charge is -1.95. The van der Waals surface area contributed by atoms with Crippen LogP contribution in [0, 0.1) is 11.8 Å². The van der Waals surface area contributed by atoms with E-state index in [4.69, 9.17) is 0 Å². The molecule has 0 saturated heterocycles. The van der Waals surface area contributed by atoms with E-state index in [0.717, 1.165) is 18.6 Å². The summed E-state index contributed by atoms with van der Waals surface area (Å²) in [5.41, 5.74) is 1.38. The molecule has 0 aliphatic heterocycles. The summed E-state index contributed by atoms with van der Waals surface area (Å²) in [6, 6.07) is 2.18. The molecule has 1 nitrogen and oxygen atoms in total. The van der Waals surface area contributed by atoms with Crippen molar-refractivity contribution in [1.82, 2.24) is 0 Å². The van der Waals surface area contributed by atoms with Crippen molar-refractivity contribution in [2.75, 3.05) is 5.75 Å². The molecule has 0 bridgehead atoms. The van der Waals surface area contributed by atoms with Crippen LogP contribution in [-0.2, 0) is 11.2 Å². The molecule has 17 heavy (non-hydrogen) atoms. The van der Waals surface area contributed by atoms with Gasteiger partial charge in [0.25, 0.3) is 0 Å². The van der Waals surface area contributed by atoms with Gasteiger partial charge in [-0.3, -0.25) is 4.79 Å². The van der Waals surface area contributed by atoms with E-state index < -0.39 is 0 Å². The molecule has 0 amide bonds. The van der Waals surface area contributed by atoms with Gasteiger partial charge in [0.1, 0.15) is 0 Å². The molecule has 0 aromatic carbocycles. The summed E-state index contributed by atoms with van der Waals surface area (Å²) in [4.78, 5) is 11.9. The van der Waals surface area contributed by atoms with Crippen molar-refractivity contribution in [1.29, 1.82) is 0 Å². The van der Waals surface area contributed by atoms with Gasteiger partial charge in [0.05, 0.1) is 4.88 Å². The molecule has 0 radical (unpaired) electrons. The third kappa shape index (κ3) is 5.95. The second-order valence-electron chi connectivity index (χ2n) is 3.77. The molecule has 1 heterocycles. The molecule has 0 atom stereocenters. The molecular formula is C14H18OS2. The molecule has 0 N–H and O–H groups in total. The normalized spacial score (nSPS) is 9.76. The van der Waals surface area contributed by atoms with Crippen LogP contribution in [0.5, 0.6) is 0 Å². The molecule has 1 aromatic heterocycles. The highest BCUT2D eigenvalue weighted by Gasteiger charge is 2.00. The predicted octanol–water partition coefficient (Wildman–Crippen LogP) is 4.11. The highest BCUT2D eigenvalue weighted by molar-refractivity contribution is 8.13. The lowest BCUT2D eigenvalue weighted by molar-refractivity contribution is -0.109. The molecular weight excluding hydrogens is 248 g/mol. The van der Waals surface area contributed by atoms with Gasteiger partial charge in [0.2, 0.25) is 0 Å². The maximum absolute atomic E-state index is 10.7. The number of hydrogen-bond acceptors (Lipinski definition) is 3. The molecule has 0 aliphatic carbocycles. The van der Waals surface area contributed by atoms with Crippen molar-refractivity contribution < 1.29 is 4.79 Å². The number of thiophene rings is 1. The van der Waals surface area contributed by atoms with Gasteiger partial charge < -0.3 is 0 Å². The van der Waals surface area contributed by atoms with E-state index in [-0.39, 0.29) is 5.12 Å². The monoisotopic (exact) mass is 266 g/mol. The van der Waals surface area contributed by atoms with Crippen LogP contribution in [0.2, 0.25) is 0 Å². The molecule has 0 fully saturated rings. The molecule has 0 unspecified atom stereocenters. The van der Waals surface area contributed by atoms with Gasteiger partial charge in [-0.2, -0.15) is 0 Å². The van der Waals surface area contributed by atoms with Gasteiger partial charge >= 0.3 is 0 Å². The number of aryl methyl sites for hydroxylation is 1. The largest absolute Gasteiger partial charge is 0.288 e. The van der Waals surface area contributed by atoms with Gasteiger partial charge in [-0.1, -0.05) is 36.9 Å². The summed E-state index contributed by atoms with van der Waals surface area (Å²) in [5.74, 6) is 7.17. The Balaban J connectivity index is 2.42. The number of hydrogen-bond donors (Lipinski definition) is 0. The van der Waals surface area contributed by atoms with Crippen LogP contribution in [0.15, 0.2) is 11.4 Å². The highest BCUT2D eigenvalue weighted by atomic mass is 32.2. The zero-order valence-corrected chi connectivity index (χ0v) is 12.0. The Morgan fingerprint density at radius 2 is 2.35 bits per heavy atom. The molecule has 3 heteroatoms. The van der Waals surface area contributed by atoms with Gasteiger partial charge in [-0.15, -0.1) is 11.3 Å². The van der Waals surface area contributed by atoms with Crippen LogP contribution in [0.1, 0.15) is 43.6 Å². The first kappa shape index (κ1) is 14.3. The Hall–Kier alpha value is -0.720. The number of thioether (sulfide) groups is 1. The fraction of sp³-hybridized carbons (Fsp3) is 0.500. The fourth-order valence-corrected chi connectivity index (χ4v) is 2.71. The molecule has 0 saturated carbocycles. The van der Waals surface area contributed by atoms with Crippen molar-refractivity contribution >= 4 is 28.2 Å². The quantitative estimate of drug-likeness (QED) is 0.589. The van der Waals surface area contributed by atoms with Crippen molar-refractivity contribution in [3.63, 3.8) is 0 Å². The lowest BCUT2D eigenvalue weighted by Crippen LogP contribution is -1.85. The second kappa shape index (κ2) is 8.38. The van der Waals surface area contributed by atoms with Crippen LogP contribution in [0.25, 0.3) is 0 Å². The zero-order chi connectivity index (χ0) is 12.5. The number of unbranched alkanes of at least 4 members (excludes halogenated alkanes) is 1. The van der Waals surface area contributed by atoms with Crippen molar-refractivity contribution in [3.05, 3.63) is 21.9 Å². The van der Waals surface area contributed by atoms with E-state index in [1.807, 2.05) is 0 Å². The smallest absolute Gasteiger partial charge is 0.185 e. The van der Waals surface area contributed by atoms with Crippen molar-refractivity contribution in [3.8, 4) is 11.8 Å². The maximum atomic E-state index is 10.7. The minimum Gasteiger partial charge on any atom is -0.288 e. The summed E-state index contributed by atoms with van der Waals surface area (Å²) >= 11 is 3.07. The van der Waals surface area contributed by atoms with E-state index in [1.54, 1.807) is 18.3 Å². The van der Waals surface area contributed by atoms with E-state index in [9.17, 15) is 4.79 Å². The van der Waals surface area contributed by atoms with Crippen molar-refractivity contribution in [2.45, 2.75) is 39.5 Å². The Bertz CT molecular complexity index is 409. The molecule has 92 valence electrons. The summed E-state index contributed by atoms with van der Waals surface area (Å²) in [7, 11) is 0. The van der Waals surface area contributed by atoms with E-state index in [0.29, 0.717) is 0 Å². The summed E-state index contributed by atoms with van der Waals surface area (Å²) in [6.07, 6.45) is 4.37. The third-order valence-corrected chi connectivity index (χ3v) is 3.97. The van der Waals surface area contributed by atoms with Crippen molar-refractivity contribution in [2.24, 2.45) is 0 Å². The Morgan fingerprint density at radius 3 is 3.06 bits per heavy atom. The van der Waals surface area contributed by atoms with E-state index in [2.05, 4.69) is 30.2 Å². The topological polar surface area (TPSA) is 17.1 Å². The predicted molar refractivity (Wildman–Crippen MR) is 77.6 cm³/mol. The van der Waals surface area contributed by atoms with Crippen LogP contribution in [0.3, 0.4) is 0 Å². The van der Waals surface area contributed by atoms with Crippen LogP contribution in [-0.4, -0.2) is 10.9 Å². The third-order valence-electron chi connectivity index (χ3n) is 2.28. The lowest BCUT2D eigenvalue weighted by atomic mass is 10.1. The molecule has 0 aliphatic rings. The standard InChI is InChI=1S/C14H18OS2/c1-3-4-7-13-9-11-17-14(13)8-5-6-10-16-12(2)15/h9,11H,3-4,6-7,10H2,1-2H3. The van der Waals surface area contributed by atoms with Gasteiger partial charge in [-0.25, -0.2) is 0 Å². The Labute approximate surface area is 112 Å². The van der Waals surface area contributed by atoms with Gasteiger partial charge in [-0.05, 0) is 29.9 Å². The summed E-state index contributed by atoms with van der Waals surface area (Å²) < 4.78 is 0. The summed E-state index contributed by atoms with van der Waals surface area (Å²) in [6.45, 7) is 3.80. The van der Waals surface area contributed by atoms with E-state index >= 15 is 0 Å². The Morgan fingerprint density at radius 1 is 1.53 bits per heavy atom. The highest BCUT2D eigenvalue weighted by Crippen LogP contribution is 2.17. The van der Waals surface area contributed by atoms with E-state index in [1.165, 1.54) is 35.0 Å². The summed E-state index contributed by atoms with van der Waals surface area (Å²) in [5, 5.41) is 2.28. The van der Waals surface area contributed by atoms with Crippen LogP contribution < -0.4 is 0 Å². The van der Waals surface area contributed by atoms with Crippen LogP contribution in [0.4, 0.5) is 0 Å². The van der Waals surface area contributed by atoms with Gasteiger partial charge in [0.15, 0.2) is 5.12 Å². The Kier molecular flexibility index (Phi) is 7.07. The second-order valence-corrected chi connectivity index (χ2v) is 5.96. The van der Waals surface area contributed by atoms with Crippen LogP contribution >= 0.6 is 23.1 Å². The first-order valence-electron chi connectivity index (χ1n) is 5.92.